The van der Waals surface area contributed by atoms with Crippen molar-refractivity contribution in [1.29, 1.82) is 0 Å². The van der Waals surface area contributed by atoms with Crippen molar-refractivity contribution in [2.75, 3.05) is 13.1 Å². The number of rotatable bonds is 7. The lowest BCUT2D eigenvalue weighted by Crippen LogP contribution is -2.61. The second-order valence-corrected chi connectivity index (χ2v) is 16.0. The van der Waals surface area contributed by atoms with Crippen LogP contribution in [0.5, 0.6) is 0 Å². The quantitative estimate of drug-likeness (QED) is 0.421. The highest BCUT2D eigenvalue weighted by Gasteiger charge is 2.45. The average molecular weight is 563 g/mol. The molecule has 4 saturated heterocycles. The number of piperidine rings is 4. The molecule has 0 radical (unpaired) electrons. The summed E-state index contributed by atoms with van der Waals surface area (Å²) in [6, 6.07) is 0.468. The minimum Gasteiger partial charge on any atom is -0.368 e. The molecule has 4 fully saturated rings. The number of hydroxylamine groups is 4. The summed E-state index contributed by atoms with van der Waals surface area (Å²) in [7, 11) is 0. The number of hydrogen-bond donors (Lipinski definition) is 2. The average Bonchev–Trinajstić information content (AvgIpc) is 2.79. The third-order valence-corrected chi connectivity index (χ3v) is 9.50. The summed E-state index contributed by atoms with van der Waals surface area (Å²) >= 11 is 0. The van der Waals surface area contributed by atoms with E-state index in [1.165, 1.54) is 0 Å². The third-order valence-electron chi connectivity index (χ3n) is 9.50. The van der Waals surface area contributed by atoms with Crippen molar-refractivity contribution >= 4 is 11.9 Å². The summed E-state index contributed by atoms with van der Waals surface area (Å²) in [6.07, 6.45) is 10.8. The van der Waals surface area contributed by atoms with E-state index in [2.05, 4.69) is 66.0 Å². The monoisotopic (exact) mass is 562 g/mol. The molecule has 0 spiro atoms. The van der Waals surface area contributed by atoms with Crippen LogP contribution in [0.3, 0.4) is 0 Å². The van der Waals surface area contributed by atoms with Crippen LogP contribution in [0.4, 0.5) is 0 Å². The number of carbonyl (C=O) groups is 2. The van der Waals surface area contributed by atoms with Crippen LogP contribution in [-0.4, -0.2) is 69.4 Å². The lowest BCUT2D eigenvalue weighted by atomic mass is 9.71. The fraction of sp³-hybridized carbons (Fsp3) is 0.938. The highest BCUT2D eigenvalue weighted by atomic mass is 16.7. The molecular formula is C32H58N4O4. The van der Waals surface area contributed by atoms with Crippen LogP contribution in [0.1, 0.15) is 132 Å². The van der Waals surface area contributed by atoms with Gasteiger partial charge >= 0.3 is 11.9 Å². The van der Waals surface area contributed by atoms with Gasteiger partial charge in [-0.15, -0.1) is 10.1 Å². The van der Waals surface area contributed by atoms with E-state index < -0.39 is 0 Å². The summed E-state index contributed by atoms with van der Waals surface area (Å²) < 4.78 is 0. The second-order valence-electron chi connectivity index (χ2n) is 16.0. The Hall–Kier alpha value is -1.22. The van der Waals surface area contributed by atoms with E-state index in [1.807, 2.05) is 10.1 Å². The molecule has 0 aromatic heterocycles. The van der Waals surface area contributed by atoms with Gasteiger partial charge in [0.2, 0.25) is 0 Å². The number of hydrogen-bond acceptors (Lipinski definition) is 8. The minimum atomic E-state index is -0.326. The molecule has 0 bridgehead atoms. The van der Waals surface area contributed by atoms with E-state index in [0.717, 1.165) is 77.3 Å². The molecule has 2 unspecified atom stereocenters. The van der Waals surface area contributed by atoms with Gasteiger partial charge in [-0.1, -0.05) is 12.8 Å². The van der Waals surface area contributed by atoms with Gasteiger partial charge in [-0.25, -0.2) is 0 Å². The first kappa shape index (κ1) is 31.7. The molecule has 8 heteroatoms. The van der Waals surface area contributed by atoms with Crippen molar-refractivity contribution in [1.82, 2.24) is 20.8 Å². The predicted molar refractivity (Wildman–Crippen MR) is 158 cm³/mol. The summed E-state index contributed by atoms with van der Waals surface area (Å²) in [6.45, 7) is 19.7. The van der Waals surface area contributed by atoms with Gasteiger partial charge in [-0.05, 0) is 119 Å². The highest BCUT2D eigenvalue weighted by molar-refractivity contribution is 5.77. The van der Waals surface area contributed by atoms with Crippen molar-refractivity contribution < 1.29 is 19.3 Å². The predicted octanol–water partition coefficient (Wildman–Crippen LogP) is 5.51. The molecule has 2 N–H and O–H groups in total. The summed E-state index contributed by atoms with van der Waals surface area (Å²) in [5.41, 5.74) is 0.203. The minimum absolute atomic E-state index is 0.0508. The zero-order valence-electron chi connectivity index (χ0n) is 26.7. The molecule has 4 aliphatic heterocycles. The van der Waals surface area contributed by atoms with Crippen molar-refractivity contribution in [3.63, 3.8) is 0 Å². The Morgan fingerprint density at radius 3 is 1.25 bits per heavy atom. The molecule has 230 valence electrons. The molecular weight excluding hydrogens is 504 g/mol. The largest absolute Gasteiger partial charge is 0.368 e. The topological polar surface area (TPSA) is 83.1 Å². The summed E-state index contributed by atoms with van der Waals surface area (Å²) in [5.74, 6) is 0.275. The molecule has 4 aliphatic rings. The standard InChI is InChI=1S/C32H58N4O4/c1-29(2)19-23(20-30(3,4)33-29)25-13-9-11-17-35(25)39-27(37)15-16-28(38)40-36-18-12-10-14-26(36)24-21-31(5,6)34-32(7,8)22-24/h23-26,33-34H,9-22H2,1-8H3. The molecule has 0 amide bonds. The maximum Gasteiger partial charge on any atom is 0.325 e. The van der Waals surface area contributed by atoms with E-state index in [4.69, 9.17) is 9.68 Å². The third kappa shape index (κ3) is 8.65. The smallest absolute Gasteiger partial charge is 0.325 e. The van der Waals surface area contributed by atoms with E-state index in [1.54, 1.807) is 0 Å². The number of nitrogens with one attached hydrogen (secondary N) is 2. The molecule has 0 aliphatic carbocycles. The molecule has 40 heavy (non-hydrogen) atoms. The molecule has 2 atom stereocenters. The normalized spacial score (nSPS) is 31.4. The summed E-state index contributed by atoms with van der Waals surface area (Å²) in [4.78, 5) is 37.8. The Morgan fingerprint density at radius 2 is 0.925 bits per heavy atom. The SMILES string of the molecule is CC1(C)CC(C2CCCCN2OC(=O)CCC(=O)ON2CCCCC2C2CC(C)(C)NC(C)(C)C2)CC(C)(C)N1. The van der Waals surface area contributed by atoms with Crippen LogP contribution < -0.4 is 10.6 Å². The van der Waals surface area contributed by atoms with E-state index >= 15 is 0 Å². The first-order valence-electron chi connectivity index (χ1n) is 16.1. The molecule has 0 saturated carbocycles. The first-order valence-corrected chi connectivity index (χ1v) is 16.1. The van der Waals surface area contributed by atoms with Crippen LogP contribution in [0, 0.1) is 11.8 Å². The summed E-state index contributed by atoms with van der Waals surface area (Å²) in [5, 5.41) is 11.4. The van der Waals surface area contributed by atoms with Crippen molar-refractivity contribution in [3.05, 3.63) is 0 Å². The Balaban J connectivity index is 1.29. The molecule has 4 heterocycles. The van der Waals surface area contributed by atoms with Gasteiger partial charge in [0.1, 0.15) is 0 Å². The Bertz CT molecular complexity index is 797. The van der Waals surface area contributed by atoms with E-state index in [-0.39, 0.29) is 59.0 Å². The first-order chi connectivity index (χ1) is 18.5. The van der Waals surface area contributed by atoms with E-state index in [9.17, 15) is 9.59 Å². The van der Waals surface area contributed by atoms with Gasteiger partial charge in [0.15, 0.2) is 0 Å². The van der Waals surface area contributed by atoms with Crippen LogP contribution in [0.2, 0.25) is 0 Å². The zero-order chi connectivity index (χ0) is 29.3. The Morgan fingerprint density at radius 1 is 0.600 bits per heavy atom. The van der Waals surface area contributed by atoms with Crippen LogP contribution in [-0.2, 0) is 19.3 Å². The highest BCUT2D eigenvalue weighted by Crippen LogP contribution is 2.40. The van der Waals surface area contributed by atoms with Gasteiger partial charge in [0, 0.05) is 47.3 Å². The molecule has 4 rings (SSSR count). The lowest BCUT2D eigenvalue weighted by Gasteiger charge is -2.50. The fourth-order valence-corrected chi connectivity index (χ4v) is 8.93. The van der Waals surface area contributed by atoms with Crippen LogP contribution >= 0.6 is 0 Å². The van der Waals surface area contributed by atoms with Gasteiger partial charge in [0.05, 0.1) is 12.8 Å². The van der Waals surface area contributed by atoms with Gasteiger partial charge < -0.3 is 20.3 Å². The van der Waals surface area contributed by atoms with Crippen LogP contribution in [0.25, 0.3) is 0 Å². The second kappa shape index (κ2) is 12.2. The van der Waals surface area contributed by atoms with Crippen molar-refractivity contribution in [3.8, 4) is 0 Å². The number of nitrogens with zero attached hydrogens (tertiary/aromatic N) is 2. The Kier molecular flexibility index (Phi) is 9.65. The maximum atomic E-state index is 12.9. The lowest BCUT2D eigenvalue weighted by molar-refractivity contribution is -0.223. The fourth-order valence-electron chi connectivity index (χ4n) is 8.93. The maximum absolute atomic E-state index is 12.9. The van der Waals surface area contributed by atoms with Gasteiger partial charge in [0.25, 0.3) is 0 Å². The molecule has 8 nitrogen and oxygen atoms in total. The molecule has 0 aromatic carbocycles. The number of carbonyl (C=O) groups excluding carboxylic acids is 2. The Labute approximate surface area is 243 Å². The van der Waals surface area contributed by atoms with Crippen molar-refractivity contribution in [2.24, 2.45) is 11.8 Å². The zero-order valence-corrected chi connectivity index (χ0v) is 26.7. The van der Waals surface area contributed by atoms with Gasteiger partial charge in [-0.2, -0.15) is 0 Å². The van der Waals surface area contributed by atoms with Crippen LogP contribution in [0.15, 0.2) is 0 Å². The molecule has 0 aromatic rings. The van der Waals surface area contributed by atoms with Crippen molar-refractivity contribution in [2.45, 2.75) is 167 Å². The van der Waals surface area contributed by atoms with E-state index in [0.29, 0.717) is 11.8 Å². The van der Waals surface area contributed by atoms with Gasteiger partial charge in [-0.3, -0.25) is 9.59 Å².